The zero-order chi connectivity index (χ0) is 26.7. The molecule has 4 rings (SSSR count). The highest BCUT2D eigenvalue weighted by Crippen LogP contribution is 2.32. The average molecular weight is 512 g/mol. The predicted octanol–water partition coefficient (Wildman–Crippen LogP) is 3.82. The summed E-state index contributed by atoms with van der Waals surface area (Å²) in [6, 6.07) is 10.4. The Hall–Kier alpha value is -3.46. The van der Waals surface area contributed by atoms with Crippen molar-refractivity contribution in [3.05, 3.63) is 59.4 Å². The summed E-state index contributed by atoms with van der Waals surface area (Å²) in [7, 11) is 3.26. The zero-order valence-corrected chi connectivity index (χ0v) is 21.7. The first-order valence-electron chi connectivity index (χ1n) is 12.6. The Kier molecular flexibility index (Phi) is 8.12. The minimum absolute atomic E-state index is 0.0135. The monoisotopic (exact) mass is 511 g/mol. The van der Waals surface area contributed by atoms with Crippen molar-refractivity contribution in [3.8, 4) is 5.75 Å². The van der Waals surface area contributed by atoms with Crippen LogP contribution in [0.5, 0.6) is 5.75 Å². The lowest BCUT2D eigenvalue weighted by Gasteiger charge is -2.36. The highest BCUT2D eigenvalue weighted by molar-refractivity contribution is 5.99. The van der Waals surface area contributed by atoms with Gasteiger partial charge < -0.3 is 24.6 Å². The Morgan fingerprint density at radius 2 is 1.84 bits per heavy atom. The van der Waals surface area contributed by atoms with Crippen LogP contribution in [-0.4, -0.2) is 73.5 Å². The number of carbonyl (C=O) groups is 3. The second-order valence-electron chi connectivity index (χ2n) is 10.0. The maximum Gasteiger partial charge on any atom is 0.257 e. The molecule has 8 nitrogen and oxygen atoms in total. The van der Waals surface area contributed by atoms with Gasteiger partial charge in [0.05, 0.1) is 23.3 Å². The molecule has 2 aliphatic rings. The number of hydrogen-bond acceptors (Lipinski definition) is 5. The van der Waals surface area contributed by atoms with Gasteiger partial charge in [0.15, 0.2) is 0 Å². The molecule has 3 atom stereocenters. The van der Waals surface area contributed by atoms with Crippen molar-refractivity contribution in [3.63, 3.8) is 0 Å². The molecule has 37 heavy (non-hydrogen) atoms. The molecule has 2 aromatic rings. The first-order chi connectivity index (χ1) is 17.7. The van der Waals surface area contributed by atoms with E-state index in [1.54, 1.807) is 54.3 Å². The number of amides is 3. The van der Waals surface area contributed by atoms with Crippen LogP contribution in [0.1, 0.15) is 47.4 Å². The van der Waals surface area contributed by atoms with E-state index in [-0.39, 0.29) is 55.0 Å². The molecule has 1 aliphatic heterocycles. The molecule has 0 bridgehead atoms. The van der Waals surface area contributed by atoms with Crippen LogP contribution < -0.4 is 10.1 Å². The Bertz CT molecular complexity index is 1170. The summed E-state index contributed by atoms with van der Waals surface area (Å²) in [4.78, 5) is 42.3. The van der Waals surface area contributed by atoms with Gasteiger partial charge in [0.1, 0.15) is 18.2 Å². The second kappa shape index (κ2) is 11.3. The fourth-order valence-corrected chi connectivity index (χ4v) is 4.51. The molecule has 1 fully saturated rings. The number of benzene rings is 2. The van der Waals surface area contributed by atoms with Crippen molar-refractivity contribution >= 4 is 23.4 Å². The van der Waals surface area contributed by atoms with E-state index in [1.165, 1.54) is 12.1 Å². The van der Waals surface area contributed by atoms with E-state index in [0.29, 0.717) is 17.0 Å². The maximum atomic E-state index is 14.5. The smallest absolute Gasteiger partial charge is 0.257 e. The number of hydrogen-bond donors (Lipinski definition) is 1. The fraction of sp³-hybridized carbons (Fsp3) is 0.464. The summed E-state index contributed by atoms with van der Waals surface area (Å²) in [6.07, 6.45) is 1.39. The molecule has 0 radical (unpaired) electrons. The number of rotatable bonds is 4. The Morgan fingerprint density at radius 3 is 2.51 bits per heavy atom. The van der Waals surface area contributed by atoms with Gasteiger partial charge in [0, 0.05) is 50.8 Å². The van der Waals surface area contributed by atoms with Crippen LogP contribution >= 0.6 is 0 Å². The third-order valence-corrected chi connectivity index (χ3v) is 7.03. The Balaban J connectivity index is 1.67. The topological polar surface area (TPSA) is 88.2 Å². The number of halogens is 1. The van der Waals surface area contributed by atoms with Crippen LogP contribution in [0.25, 0.3) is 0 Å². The van der Waals surface area contributed by atoms with Crippen molar-refractivity contribution < 1.29 is 28.2 Å². The van der Waals surface area contributed by atoms with Crippen molar-refractivity contribution in [1.29, 1.82) is 0 Å². The lowest BCUT2D eigenvalue weighted by molar-refractivity contribution is -0.117. The summed E-state index contributed by atoms with van der Waals surface area (Å²) in [5, 5.41) is 2.88. The van der Waals surface area contributed by atoms with Crippen molar-refractivity contribution in [2.24, 2.45) is 11.8 Å². The molecule has 0 spiro atoms. The molecule has 0 unspecified atom stereocenters. The third kappa shape index (κ3) is 6.10. The molecule has 1 saturated carbocycles. The summed E-state index contributed by atoms with van der Waals surface area (Å²) >= 11 is 0. The van der Waals surface area contributed by atoms with Crippen LogP contribution in [0, 0.1) is 17.7 Å². The van der Waals surface area contributed by atoms with E-state index in [0.717, 1.165) is 12.8 Å². The maximum absolute atomic E-state index is 14.5. The average Bonchev–Trinajstić information content (AvgIpc) is 3.73. The standard InChI is InChI=1S/C28H34FN3O5/c1-17-14-32(28(35)21-7-5-6-8-23(21)29)18(2)16-37-24-13-20(30-26(33)19-9-10-19)11-12-22(24)27(34)31(3)15-25(17)36-4/h5-8,11-13,17-19,25H,9-10,14-16H2,1-4H3,(H,30,33)/t17-,18-,25+/m1/s1. The normalized spacial score (nSPS) is 22.8. The molecule has 0 saturated heterocycles. The molecule has 2 aromatic carbocycles. The van der Waals surface area contributed by atoms with Gasteiger partial charge in [-0.3, -0.25) is 14.4 Å². The Labute approximate surface area is 216 Å². The van der Waals surface area contributed by atoms with E-state index < -0.39 is 17.8 Å². The van der Waals surface area contributed by atoms with Crippen LogP contribution in [0.15, 0.2) is 42.5 Å². The summed E-state index contributed by atoms with van der Waals surface area (Å²) in [6.45, 7) is 4.39. The summed E-state index contributed by atoms with van der Waals surface area (Å²) in [5.74, 6) is -1.14. The number of nitrogens with zero attached hydrogens (tertiary/aromatic N) is 2. The minimum atomic E-state index is -0.589. The number of methoxy groups -OCH3 is 1. The van der Waals surface area contributed by atoms with Gasteiger partial charge >= 0.3 is 0 Å². The van der Waals surface area contributed by atoms with E-state index in [4.69, 9.17) is 9.47 Å². The molecule has 1 N–H and O–H groups in total. The number of fused-ring (bicyclic) bond motifs is 1. The van der Waals surface area contributed by atoms with E-state index in [9.17, 15) is 18.8 Å². The van der Waals surface area contributed by atoms with Crippen LogP contribution in [0.3, 0.4) is 0 Å². The highest BCUT2D eigenvalue weighted by Gasteiger charge is 2.32. The van der Waals surface area contributed by atoms with Gasteiger partial charge in [-0.25, -0.2) is 4.39 Å². The molecule has 198 valence electrons. The van der Waals surface area contributed by atoms with Crippen LogP contribution in [-0.2, 0) is 9.53 Å². The molecule has 1 heterocycles. The van der Waals surface area contributed by atoms with Crippen LogP contribution in [0.4, 0.5) is 10.1 Å². The van der Waals surface area contributed by atoms with E-state index in [2.05, 4.69) is 5.32 Å². The first-order valence-corrected chi connectivity index (χ1v) is 12.6. The number of carbonyl (C=O) groups excluding carboxylic acids is 3. The summed E-state index contributed by atoms with van der Waals surface area (Å²) < 4.78 is 26.3. The first kappa shape index (κ1) is 26.6. The molecule has 3 amide bonds. The van der Waals surface area contributed by atoms with Gasteiger partial charge in [0.2, 0.25) is 5.91 Å². The van der Waals surface area contributed by atoms with Crippen molar-refractivity contribution in [2.45, 2.75) is 38.8 Å². The quantitative estimate of drug-likeness (QED) is 0.674. The third-order valence-electron chi connectivity index (χ3n) is 7.03. The number of anilines is 1. The van der Waals surface area contributed by atoms with Crippen molar-refractivity contribution in [2.75, 3.05) is 39.2 Å². The number of likely N-dealkylation sites (N-methyl/N-ethyl adjacent to an activating group) is 1. The minimum Gasteiger partial charge on any atom is -0.491 e. The van der Waals surface area contributed by atoms with E-state index >= 15 is 0 Å². The van der Waals surface area contributed by atoms with E-state index in [1.807, 2.05) is 13.8 Å². The van der Waals surface area contributed by atoms with Gasteiger partial charge in [-0.1, -0.05) is 19.1 Å². The van der Waals surface area contributed by atoms with Gasteiger partial charge in [-0.15, -0.1) is 0 Å². The fourth-order valence-electron chi connectivity index (χ4n) is 4.51. The molecule has 1 aliphatic carbocycles. The predicted molar refractivity (Wildman–Crippen MR) is 137 cm³/mol. The number of nitrogens with one attached hydrogen (secondary N) is 1. The summed E-state index contributed by atoms with van der Waals surface area (Å²) in [5.41, 5.74) is 0.864. The van der Waals surface area contributed by atoms with Gasteiger partial charge in [-0.2, -0.15) is 0 Å². The van der Waals surface area contributed by atoms with Gasteiger partial charge in [-0.05, 0) is 44.0 Å². The molecule has 0 aromatic heterocycles. The van der Waals surface area contributed by atoms with Crippen molar-refractivity contribution in [1.82, 2.24) is 9.80 Å². The second-order valence-corrected chi connectivity index (χ2v) is 10.0. The number of ether oxygens (including phenoxy) is 2. The van der Waals surface area contributed by atoms with Crippen LogP contribution in [0.2, 0.25) is 0 Å². The van der Waals surface area contributed by atoms with Gasteiger partial charge in [0.25, 0.3) is 11.8 Å². The molecular weight excluding hydrogens is 477 g/mol. The lowest BCUT2D eigenvalue weighted by atomic mass is 10.0. The Morgan fingerprint density at radius 1 is 1.11 bits per heavy atom. The largest absolute Gasteiger partial charge is 0.491 e. The molecule has 9 heteroatoms. The zero-order valence-electron chi connectivity index (χ0n) is 21.7. The SMILES string of the molecule is CO[C@H]1CN(C)C(=O)c2ccc(NC(=O)C3CC3)cc2OC[C@@H](C)N(C(=O)c2ccccc2F)C[C@H]1C. The highest BCUT2D eigenvalue weighted by atomic mass is 19.1. The molecular formula is C28H34FN3O5. The lowest BCUT2D eigenvalue weighted by Crippen LogP contribution is -2.48.